The van der Waals surface area contributed by atoms with Gasteiger partial charge in [0.05, 0.1) is 6.42 Å². The first-order valence-corrected chi connectivity index (χ1v) is 8.86. The van der Waals surface area contributed by atoms with Crippen LogP contribution < -0.4 is 5.32 Å². The van der Waals surface area contributed by atoms with Crippen LogP contribution in [0.1, 0.15) is 57.8 Å². The Morgan fingerprint density at radius 3 is 2.50 bits per heavy atom. The summed E-state index contributed by atoms with van der Waals surface area (Å²) in [6.45, 7) is 0. The van der Waals surface area contributed by atoms with Gasteiger partial charge in [-0.2, -0.15) is 11.8 Å². The molecule has 0 bridgehead atoms. The fourth-order valence-corrected chi connectivity index (χ4v) is 4.56. The lowest BCUT2D eigenvalue weighted by Crippen LogP contribution is -2.37. The quantitative estimate of drug-likeness (QED) is 0.791. The maximum Gasteiger partial charge on any atom is 0.303 e. The van der Waals surface area contributed by atoms with E-state index in [4.69, 9.17) is 5.11 Å². The van der Waals surface area contributed by atoms with Crippen molar-refractivity contribution in [2.75, 3.05) is 6.26 Å². The zero-order chi connectivity index (χ0) is 14.6. The second-order valence-electron chi connectivity index (χ2n) is 6.39. The van der Waals surface area contributed by atoms with Gasteiger partial charge >= 0.3 is 5.97 Å². The fourth-order valence-electron chi connectivity index (χ4n) is 3.77. The van der Waals surface area contributed by atoms with Crippen molar-refractivity contribution in [3.8, 4) is 0 Å². The molecule has 0 aromatic heterocycles. The van der Waals surface area contributed by atoms with Gasteiger partial charge in [0.1, 0.15) is 0 Å². The van der Waals surface area contributed by atoms with Crippen molar-refractivity contribution in [1.29, 1.82) is 0 Å². The van der Waals surface area contributed by atoms with E-state index in [1.807, 2.05) is 11.8 Å². The SMILES string of the molecule is CSC1CCC(NC(=O)CC2(CC(=O)O)CCCC2)C1. The van der Waals surface area contributed by atoms with Crippen molar-refractivity contribution in [2.24, 2.45) is 5.41 Å². The summed E-state index contributed by atoms with van der Waals surface area (Å²) in [6, 6.07) is 0.295. The van der Waals surface area contributed by atoms with Gasteiger partial charge in [-0.05, 0) is 43.8 Å². The topological polar surface area (TPSA) is 66.4 Å². The number of carboxylic acid groups (broad SMARTS) is 1. The standard InChI is InChI=1S/C15H25NO3S/c1-20-12-5-4-11(8-12)16-13(17)9-15(10-14(18)19)6-2-3-7-15/h11-12H,2-10H2,1H3,(H,16,17)(H,18,19). The van der Waals surface area contributed by atoms with E-state index in [0.29, 0.717) is 17.7 Å². The molecule has 2 aliphatic carbocycles. The van der Waals surface area contributed by atoms with Crippen LogP contribution in [0.3, 0.4) is 0 Å². The molecule has 0 heterocycles. The highest BCUT2D eigenvalue weighted by molar-refractivity contribution is 7.99. The third-order valence-electron chi connectivity index (χ3n) is 4.81. The number of hydrogen-bond acceptors (Lipinski definition) is 3. The number of carboxylic acids is 1. The Balaban J connectivity index is 1.84. The summed E-state index contributed by atoms with van der Waals surface area (Å²) in [5, 5.41) is 12.9. The number of nitrogens with one attached hydrogen (secondary N) is 1. The molecule has 2 atom stereocenters. The van der Waals surface area contributed by atoms with E-state index in [-0.39, 0.29) is 17.7 Å². The van der Waals surface area contributed by atoms with Crippen LogP contribution in [0.15, 0.2) is 0 Å². The molecule has 5 heteroatoms. The minimum atomic E-state index is -0.775. The largest absolute Gasteiger partial charge is 0.481 e. The van der Waals surface area contributed by atoms with Crippen molar-refractivity contribution in [2.45, 2.75) is 69.1 Å². The zero-order valence-electron chi connectivity index (χ0n) is 12.2. The van der Waals surface area contributed by atoms with E-state index in [1.165, 1.54) is 6.42 Å². The normalized spacial score (nSPS) is 28.4. The summed E-state index contributed by atoms with van der Waals surface area (Å²) in [6.07, 6.45) is 9.80. The summed E-state index contributed by atoms with van der Waals surface area (Å²) in [5.74, 6) is -0.720. The van der Waals surface area contributed by atoms with E-state index in [2.05, 4.69) is 11.6 Å². The Morgan fingerprint density at radius 2 is 1.95 bits per heavy atom. The van der Waals surface area contributed by atoms with Crippen LogP contribution in [-0.4, -0.2) is 34.5 Å². The van der Waals surface area contributed by atoms with Crippen LogP contribution in [0.5, 0.6) is 0 Å². The predicted molar refractivity (Wildman–Crippen MR) is 80.9 cm³/mol. The molecule has 1 amide bonds. The van der Waals surface area contributed by atoms with Crippen LogP contribution in [0, 0.1) is 5.41 Å². The molecule has 2 rings (SSSR count). The average Bonchev–Trinajstić information content (AvgIpc) is 2.98. The Bertz CT molecular complexity index is 366. The first-order chi connectivity index (χ1) is 9.53. The average molecular weight is 299 g/mol. The van der Waals surface area contributed by atoms with E-state index in [1.54, 1.807) is 0 Å². The third kappa shape index (κ3) is 4.14. The zero-order valence-corrected chi connectivity index (χ0v) is 13.0. The molecule has 4 nitrogen and oxygen atoms in total. The monoisotopic (exact) mass is 299 g/mol. The number of aliphatic carboxylic acids is 1. The first kappa shape index (κ1) is 15.7. The molecule has 0 aromatic carbocycles. The number of carbonyl (C=O) groups excluding carboxylic acids is 1. The highest BCUT2D eigenvalue weighted by atomic mass is 32.2. The minimum Gasteiger partial charge on any atom is -0.481 e. The molecule has 0 radical (unpaired) electrons. The van der Waals surface area contributed by atoms with Gasteiger partial charge in [0.15, 0.2) is 0 Å². The van der Waals surface area contributed by atoms with Crippen LogP contribution >= 0.6 is 11.8 Å². The van der Waals surface area contributed by atoms with Crippen molar-refractivity contribution < 1.29 is 14.7 Å². The van der Waals surface area contributed by atoms with Gasteiger partial charge in [-0.15, -0.1) is 0 Å². The van der Waals surface area contributed by atoms with Crippen molar-refractivity contribution in [1.82, 2.24) is 5.32 Å². The molecule has 114 valence electrons. The summed E-state index contributed by atoms with van der Waals surface area (Å²) in [5.41, 5.74) is -0.284. The van der Waals surface area contributed by atoms with E-state index in [0.717, 1.165) is 38.5 Å². The van der Waals surface area contributed by atoms with Gasteiger partial charge in [0.2, 0.25) is 5.91 Å². The molecule has 2 saturated carbocycles. The van der Waals surface area contributed by atoms with E-state index < -0.39 is 5.97 Å². The number of carbonyl (C=O) groups is 2. The molecular weight excluding hydrogens is 274 g/mol. The molecule has 0 aliphatic heterocycles. The second-order valence-corrected chi connectivity index (χ2v) is 7.53. The Labute approximate surface area is 125 Å². The smallest absolute Gasteiger partial charge is 0.303 e. The molecule has 2 fully saturated rings. The Morgan fingerprint density at radius 1 is 1.25 bits per heavy atom. The van der Waals surface area contributed by atoms with Gasteiger partial charge in [0.25, 0.3) is 0 Å². The molecule has 2 aliphatic rings. The first-order valence-electron chi connectivity index (χ1n) is 7.57. The van der Waals surface area contributed by atoms with E-state index >= 15 is 0 Å². The van der Waals surface area contributed by atoms with Gasteiger partial charge in [-0.1, -0.05) is 12.8 Å². The molecule has 2 N–H and O–H groups in total. The maximum absolute atomic E-state index is 12.2. The molecule has 2 unspecified atom stereocenters. The molecule has 0 saturated heterocycles. The maximum atomic E-state index is 12.2. The van der Waals surface area contributed by atoms with Gasteiger partial charge in [0, 0.05) is 17.7 Å². The molecule has 0 aromatic rings. The third-order valence-corrected chi connectivity index (χ3v) is 5.90. The summed E-state index contributed by atoms with van der Waals surface area (Å²) in [7, 11) is 0. The van der Waals surface area contributed by atoms with Crippen LogP contribution in [0.4, 0.5) is 0 Å². The highest BCUT2D eigenvalue weighted by Gasteiger charge is 2.38. The van der Waals surface area contributed by atoms with Crippen molar-refractivity contribution >= 4 is 23.6 Å². The molecular formula is C15H25NO3S. The van der Waals surface area contributed by atoms with Crippen LogP contribution in [0.25, 0.3) is 0 Å². The summed E-state index contributed by atoms with van der Waals surface area (Å²) >= 11 is 1.87. The molecule has 20 heavy (non-hydrogen) atoms. The second kappa shape index (κ2) is 6.83. The Kier molecular flexibility index (Phi) is 5.35. The van der Waals surface area contributed by atoms with Gasteiger partial charge in [-0.3, -0.25) is 9.59 Å². The lowest BCUT2D eigenvalue weighted by molar-refractivity contribution is -0.140. The van der Waals surface area contributed by atoms with Crippen LogP contribution in [-0.2, 0) is 9.59 Å². The molecule has 0 spiro atoms. The number of thioether (sulfide) groups is 1. The number of hydrogen-bond donors (Lipinski definition) is 2. The lowest BCUT2D eigenvalue weighted by Gasteiger charge is -2.27. The minimum absolute atomic E-state index is 0.0555. The van der Waals surface area contributed by atoms with E-state index in [9.17, 15) is 9.59 Å². The predicted octanol–water partition coefficient (Wildman–Crippen LogP) is 2.81. The Hall–Kier alpha value is -0.710. The van der Waals surface area contributed by atoms with Crippen molar-refractivity contribution in [3.63, 3.8) is 0 Å². The fraction of sp³-hybridized carbons (Fsp3) is 0.867. The number of rotatable bonds is 6. The van der Waals surface area contributed by atoms with Crippen molar-refractivity contribution in [3.05, 3.63) is 0 Å². The lowest BCUT2D eigenvalue weighted by atomic mass is 9.79. The highest BCUT2D eigenvalue weighted by Crippen LogP contribution is 2.44. The number of amides is 1. The van der Waals surface area contributed by atoms with Gasteiger partial charge < -0.3 is 10.4 Å². The summed E-state index contributed by atoms with van der Waals surface area (Å²) < 4.78 is 0. The summed E-state index contributed by atoms with van der Waals surface area (Å²) in [4.78, 5) is 23.3. The van der Waals surface area contributed by atoms with Gasteiger partial charge in [-0.25, -0.2) is 0 Å². The van der Waals surface area contributed by atoms with Crippen LogP contribution in [0.2, 0.25) is 0 Å².